The fraction of sp³-hybridized carbons (Fsp3) is 0.871. The second-order valence-corrected chi connectivity index (χ2v) is 13.9. The van der Waals surface area contributed by atoms with Gasteiger partial charge in [0, 0.05) is 25.7 Å². The Balaban J connectivity index is 1.46. The monoisotopic (exact) mass is 516 g/mol. The molecule has 0 aromatic rings. The molecule has 6 heteroatoms. The highest BCUT2D eigenvalue weighted by molar-refractivity contribution is 5.67. The average molecular weight is 517 g/mol. The van der Waals surface area contributed by atoms with Crippen molar-refractivity contribution in [3.63, 3.8) is 0 Å². The van der Waals surface area contributed by atoms with Gasteiger partial charge < -0.3 is 19.3 Å². The van der Waals surface area contributed by atoms with Crippen molar-refractivity contribution in [1.82, 2.24) is 0 Å². The molecule has 0 unspecified atom stereocenters. The smallest absolute Gasteiger partial charge is 0.303 e. The molecule has 1 N–H and O–H groups in total. The predicted octanol–water partition coefficient (Wildman–Crippen LogP) is 5.75. The van der Waals surface area contributed by atoms with Gasteiger partial charge in [0.1, 0.15) is 23.4 Å². The van der Waals surface area contributed by atoms with Gasteiger partial charge in [-0.05, 0) is 94.3 Å². The molecule has 6 nitrogen and oxygen atoms in total. The van der Waals surface area contributed by atoms with E-state index in [2.05, 4.69) is 40.7 Å². The Kier molecular flexibility index (Phi) is 6.67. The molecule has 0 radical (unpaired) electrons. The van der Waals surface area contributed by atoms with Crippen LogP contribution in [0.15, 0.2) is 11.6 Å². The highest BCUT2D eigenvalue weighted by atomic mass is 16.7. The van der Waals surface area contributed by atoms with Gasteiger partial charge in [0.05, 0.1) is 0 Å². The van der Waals surface area contributed by atoms with Crippen LogP contribution in [-0.4, -0.2) is 46.6 Å². The summed E-state index contributed by atoms with van der Waals surface area (Å²) in [5.41, 5.74) is -0.506. The maximum atomic E-state index is 12.4. The van der Waals surface area contributed by atoms with Crippen LogP contribution in [0.4, 0.5) is 0 Å². The molecule has 1 heterocycles. The van der Waals surface area contributed by atoms with Crippen LogP contribution < -0.4 is 0 Å². The van der Waals surface area contributed by atoms with E-state index < -0.39 is 23.1 Å². The van der Waals surface area contributed by atoms with Gasteiger partial charge in [-0.1, -0.05) is 32.4 Å². The van der Waals surface area contributed by atoms with Crippen LogP contribution in [0.25, 0.3) is 0 Å². The molecule has 1 saturated heterocycles. The van der Waals surface area contributed by atoms with Crippen LogP contribution in [0.1, 0.15) is 106 Å². The first-order valence-corrected chi connectivity index (χ1v) is 14.7. The van der Waals surface area contributed by atoms with Crippen molar-refractivity contribution in [2.24, 2.45) is 34.5 Å². The molecule has 0 aromatic carbocycles. The van der Waals surface area contributed by atoms with Gasteiger partial charge in [-0.2, -0.15) is 0 Å². The summed E-state index contributed by atoms with van der Waals surface area (Å²) in [5.74, 6) is 1.19. The number of carbonyl (C=O) groups excluding carboxylic acids is 2. The molecule has 4 aliphatic carbocycles. The number of aliphatic hydroxyl groups is 1. The van der Waals surface area contributed by atoms with Gasteiger partial charge in [0.15, 0.2) is 6.10 Å². The average Bonchev–Trinajstić information content (AvgIpc) is 3.39. The number of allylic oxidation sites excluding steroid dienone is 2. The first kappa shape index (κ1) is 27.2. The summed E-state index contributed by atoms with van der Waals surface area (Å²) in [4.78, 5) is 24.1. The number of ether oxygens (including phenoxy) is 3. The molecule has 5 fully saturated rings. The molecule has 5 rings (SSSR count). The molecule has 11 atom stereocenters. The zero-order valence-electron chi connectivity index (χ0n) is 24.0. The SMILES string of the molecule is CC(=O)O[C@H]1CC[C@]2(C)[C@H]3CC[C@]4(C)[C@@H]([C@H](C)CCC=C(C)C)CC[C@H]4[C@]34O[C@@H]4[C@H](OC(C)=O)[C@@]2(O)C1. The number of carbonyl (C=O) groups is 2. The van der Waals surface area contributed by atoms with E-state index in [9.17, 15) is 14.7 Å². The highest BCUT2D eigenvalue weighted by Crippen LogP contribution is 2.77. The molecule has 0 aromatic heterocycles. The number of hydrogen-bond donors (Lipinski definition) is 1. The Morgan fingerprint density at radius 1 is 1.00 bits per heavy atom. The zero-order chi connectivity index (χ0) is 27.0. The van der Waals surface area contributed by atoms with Crippen LogP contribution in [-0.2, 0) is 23.8 Å². The van der Waals surface area contributed by atoms with Crippen molar-refractivity contribution in [1.29, 1.82) is 0 Å². The molecule has 208 valence electrons. The Hall–Kier alpha value is -1.40. The summed E-state index contributed by atoms with van der Waals surface area (Å²) >= 11 is 0. The van der Waals surface area contributed by atoms with Crippen LogP contribution in [0.5, 0.6) is 0 Å². The number of hydrogen-bond acceptors (Lipinski definition) is 6. The first-order chi connectivity index (χ1) is 17.3. The largest absolute Gasteiger partial charge is 0.462 e. The lowest BCUT2D eigenvalue weighted by Gasteiger charge is -2.63. The first-order valence-electron chi connectivity index (χ1n) is 14.7. The molecule has 1 aliphatic heterocycles. The molecule has 0 amide bonds. The summed E-state index contributed by atoms with van der Waals surface area (Å²) in [6.07, 6.45) is 9.57. The lowest BCUT2D eigenvalue weighted by atomic mass is 9.42. The quantitative estimate of drug-likeness (QED) is 0.275. The molecule has 4 saturated carbocycles. The minimum Gasteiger partial charge on any atom is -0.462 e. The maximum Gasteiger partial charge on any atom is 0.303 e. The fourth-order valence-electron chi connectivity index (χ4n) is 10.1. The standard InChI is InChI=1S/C31H48O6/c1-18(2)9-8-10-19(3)23-11-12-24-28(23,6)15-14-25-29(7)16-13-22(35-20(4)32)17-30(29,34)26(36-21(5)33)27-31(24,25)37-27/h9,19,22-27,34H,8,10-17H2,1-7H3/t19-,22+,23-,24-,25-,26+,27-,28-,29-,30+,31+/m1/s1. The van der Waals surface area contributed by atoms with Crippen molar-refractivity contribution in [3.05, 3.63) is 11.6 Å². The predicted molar refractivity (Wildman–Crippen MR) is 140 cm³/mol. The number of epoxide rings is 1. The van der Waals surface area contributed by atoms with Gasteiger partial charge in [-0.15, -0.1) is 0 Å². The molecular formula is C31H48O6. The van der Waals surface area contributed by atoms with E-state index >= 15 is 0 Å². The van der Waals surface area contributed by atoms with Gasteiger partial charge >= 0.3 is 11.9 Å². The van der Waals surface area contributed by atoms with Gasteiger partial charge in [0.2, 0.25) is 0 Å². The van der Waals surface area contributed by atoms with Gasteiger partial charge in [0.25, 0.3) is 0 Å². The van der Waals surface area contributed by atoms with Crippen molar-refractivity contribution < 1.29 is 28.9 Å². The van der Waals surface area contributed by atoms with E-state index in [1.54, 1.807) is 0 Å². The minimum atomic E-state index is -1.28. The second-order valence-electron chi connectivity index (χ2n) is 13.9. The van der Waals surface area contributed by atoms with E-state index in [0.29, 0.717) is 30.6 Å². The lowest BCUT2D eigenvalue weighted by molar-refractivity contribution is -0.255. The van der Waals surface area contributed by atoms with Crippen LogP contribution in [0, 0.1) is 34.5 Å². The van der Waals surface area contributed by atoms with Crippen molar-refractivity contribution >= 4 is 11.9 Å². The summed E-state index contributed by atoms with van der Waals surface area (Å²) in [7, 11) is 0. The van der Waals surface area contributed by atoms with E-state index in [4.69, 9.17) is 14.2 Å². The topological polar surface area (TPSA) is 85.4 Å². The van der Waals surface area contributed by atoms with E-state index in [1.165, 1.54) is 32.3 Å². The number of esters is 2. The summed E-state index contributed by atoms with van der Waals surface area (Å²) < 4.78 is 18.3. The summed E-state index contributed by atoms with van der Waals surface area (Å²) in [5, 5.41) is 12.4. The Bertz CT molecular complexity index is 971. The fourth-order valence-corrected chi connectivity index (χ4v) is 10.1. The molecule has 1 spiro atoms. The molecular weight excluding hydrogens is 468 g/mol. The van der Waals surface area contributed by atoms with Crippen molar-refractivity contribution in [3.8, 4) is 0 Å². The van der Waals surface area contributed by atoms with Crippen molar-refractivity contribution in [2.75, 3.05) is 0 Å². The Labute approximate surface area is 222 Å². The zero-order valence-corrected chi connectivity index (χ0v) is 24.0. The van der Waals surface area contributed by atoms with Crippen LogP contribution in [0.3, 0.4) is 0 Å². The Morgan fingerprint density at radius 2 is 1.70 bits per heavy atom. The number of fused-ring (bicyclic) bond motifs is 3. The van der Waals surface area contributed by atoms with E-state index in [-0.39, 0.29) is 35.1 Å². The molecule has 5 aliphatic rings. The summed E-state index contributed by atoms with van der Waals surface area (Å²) in [6.45, 7) is 14.3. The minimum absolute atomic E-state index is 0.192. The van der Waals surface area contributed by atoms with E-state index in [0.717, 1.165) is 32.1 Å². The molecule has 37 heavy (non-hydrogen) atoms. The van der Waals surface area contributed by atoms with Gasteiger partial charge in [-0.3, -0.25) is 9.59 Å². The summed E-state index contributed by atoms with van der Waals surface area (Å²) in [6, 6.07) is 0. The molecule has 0 bridgehead atoms. The van der Waals surface area contributed by atoms with E-state index in [1.807, 2.05) is 0 Å². The van der Waals surface area contributed by atoms with Crippen molar-refractivity contribution in [2.45, 2.75) is 136 Å². The third-order valence-electron chi connectivity index (χ3n) is 11.7. The van der Waals surface area contributed by atoms with Gasteiger partial charge in [-0.25, -0.2) is 0 Å². The lowest BCUT2D eigenvalue weighted by Crippen LogP contribution is -2.72. The Morgan fingerprint density at radius 3 is 2.35 bits per heavy atom. The highest BCUT2D eigenvalue weighted by Gasteiger charge is 2.85. The third-order valence-corrected chi connectivity index (χ3v) is 11.7. The maximum absolute atomic E-state index is 12.4. The van der Waals surface area contributed by atoms with Crippen LogP contribution in [0.2, 0.25) is 0 Å². The second kappa shape index (κ2) is 9.08. The van der Waals surface area contributed by atoms with Crippen LogP contribution >= 0.6 is 0 Å². The normalized spacial score (nSPS) is 48.4. The number of rotatable bonds is 6. The third kappa shape index (κ3) is 3.94.